The molecule has 0 aliphatic heterocycles. The molecule has 154 valence electrons. The van der Waals surface area contributed by atoms with Crippen LogP contribution in [-0.2, 0) is 21.1 Å². The van der Waals surface area contributed by atoms with Crippen LogP contribution in [0.1, 0.15) is 26.3 Å². The lowest BCUT2D eigenvalue weighted by molar-refractivity contribution is 0.276. The van der Waals surface area contributed by atoms with Crippen molar-refractivity contribution < 1.29 is 21.6 Å². The minimum atomic E-state index is -4.21. The predicted octanol–water partition coefficient (Wildman–Crippen LogP) is 6.05. The van der Waals surface area contributed by atoms with Gasteiger partial charge in [-0.25, -0.2) is 17.2 Å². The first-order valence-corrected chi connectivity index (χ1v) is 13.8. The molecular weight excluding hydrogens is 468 g/mol. The van der Waals surface area contributed by atoms with Gasteiger partial charge in [-0.3, -0.25) is 4.72 Å². The molecule has 2 aromatic rings. The molecule has 0 aromatic heterocycles. The number of halogens is 3. The molecule has 0 bridgehead atoms. The van der Waals surface area contributed by atoms with Gasteiger partial charge in [0.15, 0.2) is 8.32 Å². The fourth-order valence-electron chi connectivity index (χ4n) is 2.18. The number of nitrogens with one attached hydrogen (secondary N) is 1. The monoisotopic (exact) mass is 491 g/mol. The Morgan fingerprint density at radius 3 is 2.32 bits per heavy atom. The average molecular weight is 492 g/mol. The Labute approximate surface area is 174 Å². The Morgan fingerprint density at radius 2 is 1.75 bits per heavy atom. The van der Waals surface area contributed by atoms with Crippen molar-refractivity contribution in [3.05, 3.63) is 58.1 Å². The first kappa shape index (κ1) is 23.0. The van der Waals surface area contributed by atoms with Gasteiger partial charge in [0, 0.05) is 10.5 Å². The van der Waals surface area contributed by atoms with E-state index >= 15 is 0 Å². The third-order valence-electron chi connectivity index (χ3n) is 4.80. The van der Waals surface area contributed by atoms with E-state index in [9.17, 15) is 17.2 Å². The number of hydrogen-bond acceptors (Lipinski definition) is 3. The van der Waals surface area contributed by atoms with E-state index in [-0.39, 0.29) is 10.7 Å². The molecule has 0 unspecified atom stereocenters. The number of rotatable bonds is 6. The van der Waals surface area contributed by atoms with Crippen molar-refractivity contribution in [1.82, 2.24) is 0 Å². The van der Waals surface area contributed by atoms with Gasteiger partial charge >= 0.3 is 0 Å². The first-order chi connectivity index (χ1) is 12.7. The topological polar surface area (TPSA) is 55.4 Å². The highest BCUT2D eigenvalue weighted by molar-refractivity contribution is 9.10. The van der Waals surface area contributed by atoms with Gasteiger partial charge in [0.1, 0.15) is 16.5 Å². The molecule has 0 aliphatic carbocycles. The maximum atomic E-state index is 13.9. The summed E-state index contributed by atoms with van der Waals surface area (Å²) in [5.74, 6) is -1.99. The minimum Gasteiger partial charge on any atom is -0.413 e. The minimum absolute atomic E-state index is 0.0452. The van der Waals surface area contributed by atoms with Crippen LogP contribution in [-0.4, -0.2) is 16.7 Å². The highest BCUT2D eigenvalue weighted by Gasteiger charge is 2.37. The van der Waals surface area contributed by atoms with Crippen molar-refractivity contribution in [2.24, 2.45) is 0 Å². The molecule has 2 rings (SSSR count). The number of anilines is 1. The van der Waals surface area contributed by atoms with E-state index < -0.39 is 34.9 Å². The molecule has 0 fully saturated rings. The lowest BCUT2D eigenvalue weighted by Gasteiger charge is -2.36. The Morgan fingerprint density at radius 1 is 1.11 bits per heavy atom. The van der Waals surface area contributed by atoms with Crippen LogP contribution < -0.4 is 4.72 Å². The van der Waals surface area contributed by atoms with Crippen LogP contribution in [0.4, 0.5) is 14.5 Å². The third kappa shape index (κ3) is 5.62. The van der Waals surface area contributed by atoms with E-state index in [1.54, 1.807) is 12.1 Å². The average Bonchev–Trinajstić information content (AvgIpc) is 2.50. The third-order valence-corrected chi connectivity index (χ3v) is 11.1. The van der Waals surface area contributed by atoms with Crippen LogP contribution in [0, 0.1) is 11.6 Å². The molecule has 2 aromatic carbocycles. The highest BCUT2D eigenvalue weighted by atomic mass is 79.9. The lowest BCUT2D eigenvalue weighted by atomic mass is 10.2. The molecule has 0 saturated heterocycles. The molecular formula is C19H24BrF2NO3SSi. The van der Waals surface area contributed by atoms with Crippen molar-refractivity contribution in [2.75, 3.05) is 4.72 Å². The van der Waals surface area contributed by atoms with E-state index in [0.29, 0.717) is 17.1 Å². The van der Waals surface area contributed by atoms with Crippen molar-refractivity contribution in [3.8, 4) is 0 Å². The zero-order valence-corrected chi connectivity index (χ0v) is 19.8. The van der Waals surface area contributed by atoms with Gasteiger partial charge < -0.3 is 4.43 Å². The van der Waals surface area contributed by atoms with Crippen LogP contribution >= 0.6 is 15.9 Å². The summed E-state index contributed by atoms with van der Waals surface area (Å²) in [6, 6.07) is 7.37. The normalized spacial score (nSPS) is 12.9. The molecule has 28 heavy (non-hydrogen) atoms. The maximum Gasteiger partial charge on any atom is 0.264 e. The van der Waals surface area contributed by atoms with E-state index in [0.717, 1.165) is 17.7 Å². The lowest BCUT2D eigenvalue weighted by Crippen LogP contribution is -2.40. The summed E-state index contributed by atoms with van der Waals surface area (Å²) in [6.45, 7) is 11.0. The Hall–Kier alpha value is -1.29. The molecule has 4 nitrogen and oxygen atoms in total. The van der Waals surface area contributed by atoms with Gasteiger partial charge in [-0.2, -0.15) is 0 Å². The van der Waals surface area contributed by atoms with Crippen molar-refractivity contribution >= 4 is 40.0 Å². The summed E-state index contributed by atoms with van der Waals surface area (Å²) in [6.07, 6.45) is 0. The maximum absolute atomic E-state index is 13.9. The summed E-state index contributed by atoms with van der Waals surface area (Å²) >= 11 is 3.36. The van der Waals surface area contributed by atoms with Gasteiger partial charge in [0.2, 0.25) is 0 Å². The largest absolute Gasteiger partial charge is 0.413 e. The molecule has 9 heteroatoms. The van der Waals surface area contributed by atoms with E-state index in [4.69, 9.17) is 4.43 Å². The number of hydrogen-bond donors (Lipinski definition) is 1. The fraction of sp³-hybridized carbons (Fsp3) is 0.368. The quantitative estimate of drug-likeness (QED) is 0.500. The zero-order valence-electron chi connectivity index (χ0n) is 16.4. The summed E-state index contributed by atoms with van der Waals surface area (Å²) in [5, 5.41) is 0.0452. The molecule has 0 amide bonds. The van der Waals surface area contributed by atoms with Gasteiger partial charge in [-0.1, -0.05) is 36.7 Å². The fourth-order valence-corrected chi connectivity index (χ4v) is 4.78. The molecule has 0 heterocycles. The van der Waals surface area contributed by atoms with E-state index in [1.807, 2.05) is 6.07 Å². The second-order valence-electron chi connectivity index (χ2n) is 8.08. The van der Waals surface area contributed by atoms with Gasteiger partial charge in [0.05, 0.1) is 12.3 Å². The van der Waals surface area contributed by atoms with Crippen LogP contribution in [0.25, 0.3) is 0 Å². The predicted molar refractivity (Wildman–Crippen MR) is 113 cm³/mol. The smallest absolute Gasteiger partial charge is 0.264 e. The van der Waals surface area contributed by atoms with Crippen molar-refractivity contribution in [3.63, 3.8) is 0 Å². The second kappa shape index (κ2) is 8.21. The summed E-state index contributed by atoms with van der Waals surface area (Å²) < 4.78 is 61.1. The Balaban J connectivity index is 2.26. The highest BCUT2D eigenvalue weighted by Crippen LogP contribution is 2.37. The van der Waals surface area contributed by atoms with Crippen molar-refractivity contribution in [2.45, 2.75) is 50.4 Å². The number of sulfonamides is 1. The van der Waals surface area contributed by atoms with Gasteiger partial charge in [-0.15, -0.1) is 0 Å². The van der Waals surface area contributed by atoms with Crippen LogP contribution in [0.2, 0.25) is 18.1 Å². The molecule has 0 saturated carbocycles. The van der Waals surface area contributed by atoms with Crippen LogP contribution in [0.5, 0.6) is 0 Å². The SMILES string of the molecule is CC(C)(C)[Si](C)(C)OCc1cc(Br)cc(NS(=O)(=O)c2ccc(F)cc2F)c1. The summed E-state index contributed by atoms with van der Waals surface area (Å²) in [5.41, 5.74) is 1.03. The molecule has 0 atom stereocenters. The first-order valence-electron chi connectivity index (χ1n) is 8.62. The van der Waals surface area contributed by atoms with Gasteiger partial charge in [-0.05, 0) is 54.0 Å². The zero-order chi connectivity index (χ0) is 21.3. The summed E-state index contributed by atoms with van der Waals surface area (Å²) in [4.78, 5) is -0.618. The second-order valence-corrected chi connectivity index (χ2v) is 15.5. The summed E-state index contributed by atoms with van der Waals surface area (Å²) in [7, 11) is -6.18. The molecule has 0 radical (unpaired) electrons. The molecule has 0 spiro atoms. The standard InChI is InChI=1S/C19H24BrF2NO3SSi/c1-19(2,3)28(4,5)26-12-13-8-14(20)10-16(9-13)23-27(24,25)18-7-6-15(21)11-17(18)22/h6-11,23H,12H2,1-5H3. The van der Waals surface area contributed by atoms with Crippen LogP contribution in [0.3, 0.4) is 0 Å². The Kier molecular flexibility index (Phi) is 6.74. The molecule has 1 N–H and O–H groups in total. The molecule has 0 aliphatic rings. The van der Waals surface area contributed by atoms with Crippen molar-refractivity contribution in [1.29, 1.82) is 0 Å². The van der Waals surface area contributed by atoms with E-state index in [2.05, 4.69) is 54.5 Å². The van der Waals surface area contributed by atoms with Crippen LogP contribution in [0.15, 0.2) is 45.8 Å². The number of benzene rings is 2. The Bertz CT molecular complexity index is 976. The van der Waals surface area contributed by atoms with Gasteiger partial charge in [0.25, 0.3) is 10.0 Å². The van der Waals surface area contributed by atoms with E-state index in [1.165, 1.54) is 0 Å².